The molecule has 4 atom stereocenters. The van der Waals surface area contributed by atoms with Gasteiger partial charge in [0.15, 0.2) is 0 Å². The van der Waals surface area contributed by atoms with E-state index in [9.17, 15) is 14.7 Å². The Labute approximate surface area is 294 Å². The van der Waals surface area contributed by atoms with Crippen LogP contribution in [-0.2, 0) is 14.9 Å². The lowest BCUT2D eigenvalue weighted by molar-refractivity contribution is -0.525. The zero-order valence-corrected chi connectivity index (χ0v) is 30.5. The second-order valence-electron chi connectivity index (χ2n) is 13.0. The van der Waals surface area contributed by atoms with E-state index in [0.29, 0.717) is 54.6 Å². The monoisotopic (exact) mass is 683 g/mol. The Morgan fingerprint density at radius 3 is 2.49 bits per heavy atom. The molecule has 0 radical (unpaired) electrons. The van der Waals surface area contributed by atoms with Crippen molar-refractivity contribution in [2.75, 3.05) is 33.9 Å². The molecule has 7 N–H and O–H groups in total. The minimum atomic E-state index is -0.815. The van der Waals surface area contributed by atoms with Crippen LogP contribution in [0.15, 0.2) is 66.7 Å². The summed E-state index contributed by atoms with van der Waals surface area (Å²) in [5.41, 5.74) is 7.27. The van der Waals surface area contributed by atoms with Gasteiger partial charge in [-0.1, -0.05) is 79.8 Å². The Morgan fingerprint density at radius 2 is 1.92 bits per heavy atom. The number of rotatable bonds is 8. The number of nitrogens with one attached hydrogen (secondary N) is 4. The molecular formula is C38H63N6O5+. The van der Waals surface area contributed by atoms with Crippen molar-refractivity contribution in [2.24, 2.45) is 5.73 Å². The summed E-state index contributed by atoms with van der Waals surface area (Å²) >= 11 is 0. The summed E-state index contributed by atoms with van der Waals surface area (Å²) in [5, 5.41) is 20.2. The molecule has 0 spiro atoms. The van der Waals surface area contributed by atoms with Gasteiger partial charge in [0.2, 0.25) is 5.84 Å². The molecule has 49 heavy (non-hydrogen) atoms. The maximum absolute atomic E-state index is 13.3. The van der Waals surface area contributed by atoms with Gasteiger partial charge in [-0.05, 0) is 43.9 Å². The van der Waals surface area contributed by atoms with Gasteiger partial charge in [0.25, 0.3) is 11.8 Å². The number of hydrogen-bond donors (Lipinski definition) is 6. The standard InChI is InChI=1S/C24H35N5O3.C10H15NO2.C3H8.CH4/c1-6-19(25)28-18-12-26-14(2)29-13-17(21(30)24(18,29)5)27-22(31)15-8-7-9-16-20(15)32-11-10-23(16,3)4;1-5-6-9(13-4)7-8(2)10(12)11-3;1-3-2;/h7-9,17-18,21,26,30H,2,6,10-13H2,1,3-5H3,(H2,25,28)(H,27,31);5-7H,2H2,1,3-4H3,(H,11,12);3H2,1-2H3;1H4/p+1/b;6-5-,9-7+;;/t17?,18-,21?,24?;;;/m0.../s1. The largest absolute Gasteiger partial charge is 0.497 e. The number of amidine groups is 1. The first-order chi connectivity index (χ1) is 22.7. The molecule has 11 heteroatoms. The van der Waals surface area contributed by atoms with E-state index in [4.69, 9.17) is 15.2 Å². The maximum Gasteiger partial charge on any atom is 0.255 e. The number of fused-ring (bicyclic) bond motifs is 2. The quantitative estimate of drug-likeness (QED) is 0.0805. The molecule has 0 aromatic heterocycles. The zero-order chi connectivity index (χ0) is 36.2. The number of hydrogen-bond acceptors (Lipinski definition) is 7. The van der Waals surface area contributed by atoms with Gasteiger partial charge in [-0.15, -0.1) is 0 Å². The first kappa shape index (κ1) is 42.8. The van der Waals surface area contributed by atoms with E-state index in [2.05, 4.69) is 61.8 Å². The van der Waals surface area contributed by atoms with Crippen molar-refractivity contribution in [3.05, 3.63) is 77.9 Å². The van der Waals surface area contributed by atoms with Crippen molar-refractivity contribution in [2.45, 2.75) is 104 Å². The second-order valence-corrected chi connectivity index (χ2v) is 13.0. The summed E-state index contributed by atoms with van der Waals surface area (Å²) in [7, 11) is 3.10. The summed E-state index contributed by atoms with van der Waals surface area (Å²) in [4.78, 5) is 29.7. The van der Waals surface area contributed by atoms with Gasteiger partial charge in [-0.25, -0.2) is 0 Å². The molecule has 0 bridgehead atoms. The maximum atomic E-state index is 13.3. The summed E-state index contributed by atoms with van der Waals surface area (Å²) in [6, 6.07) is 5.10. The molecule has 3 aliphatic heterocycles. The van der Waals surface area contributed by atoms with E-state index in [1.165, 1.54) is 6.42 Å². The number of benzene rings is 1. The first-order valence-corrected chi connectivity index (χ1v) is 16.8. The minimum Gasteiger partial charge on any atom is -0.497 e. The number of nitrogens with zero attached hydrogens (tertiary/aromatic N) is 1. The number of methoxy groups -OCH3 is 1. The number of carbonyl (C=O) groups is 2. The number of carbonyl (C=O) groups excluding carboxylic acids is 2. The van der Waals surface area contributed by atoms with Gasteiger partial charge in [0, 0.05) is 31.1 Å². The molecule has 3 heterocycles. The number of para-hydroxylation sites is 1. The summed E-state index contributed by atoms with van der Waals surface area (Å²) < 4.78 is 10.9. The van der Waals surface area contributed by atoms with Crippen LogP contribution in [0.1, 0.15) is 91.1 Å². The highest BCUT2D eigenvalue weighted by Crippen LogP contribution is 2.41. The zero-order valence-electron chi connectivity index (χ0n) is 30.5. The summed E-state index contributed by atoms with van der Waals surface area (Å²) in [6.07, 6.45) is 7.20. The third kappa shape index (κ3) is 10.1. The van der Waals surface area contributed by atoms with E-state index in [1.54, 1.807) is 32.4 Å². The Balaban J connectivity index is 0.000000597. The lowest BCUT2D eigenvalue weighted by atomic mass is 9.79. The van der Waals surface area contributed by atoms with Crippen molar-refractivity contribution in [1.29, 1.82) is 0 Å². The molecule has 3 unspecified atom stereocenters. The van der Waals surface area contributed by atoms with Crippen molar-refractivity contribution in [1.82, 2.24) is 20.9 Å². The van der Waals surface area contributed by atoms with Crippen LogP contribution in [0, 0.1) is 0 Å². The van der Waals surface area contributed by atoms with Gasteiger partial charge in [0.05, 0.1) is 37.7 Å². The van der Waals surface area contributed by atoms with E-state index in [-0.39, 0.29) is 30.7 Å². The fourth-order valence-electron chi connectivity index (χ4n) is 5.96. The van der Waals surface area contributed by atoms with Crippen molar-refractivity contribution >= 4 is 17.6 Å². The Bertz CT molecular complexity index is 1400. The SMILES string of the molecule is C.C=C(/C=C(\C=C/C)OC)C(=O)NC.C=C1NC[C@H]([NH+]=C(N)CC)C2(C)C(O)C(NC(=O)c3cccc4c3OCCC4(C)C)CN12.CCC. The van der Waals surface area contributed by atoms with Crippen molar-refractivity contribution in [3.63, 3.8) is 0 Å². The number of ether oxygens (including phenoxy) is 2. The van der Waals surface area contributed by atoms with Crippen LogP contribution in [-0.4, -0.2) is 85.2 Å². The molecule has 0 saturated carbocycles. The molecule has 2 fully saturated rings. The van der Waals surface area contributed by atoms with Crippen LogP contribution in [0.3, 0.4) is 0 Å². The first-order valence-electron chi connectivity index (χ1n) is 16.8. The molecule has 0 aliphatic carbocycles. The molecule has 3 aliphatic rings. The van der Waals surface area contributed by atoms with Gasteiger partial charge < -0.3 is 35.4 Å². The van der Waals surface area contributed by atoms with Crippen LogP contribution in [0.2, 0.25) is 0 Å². The molecule has 4 rings (SSSR count). The van der Waals surface area contributed by atoms with Crippen molar-refractivity contribution < 1.29 is 29.2 Å². The third-order valence-corrected chi connectivity index (χ3v) is 8.90. The second kappa shape index (κ2) is 19.1. The fourth-order valence-corrected chi connectivity index (χ4v) is 5.96. The molecule has 2 saturated heterocycles. The highest BCUT2D eigenvalue weighted by atomic mass is 16.5. The number of amides is 2. The number of nitrogens with two attached hydrogens (primary N) is 1. The summed E-state index contributed by atoms with van der Waals surface area (Å²) in [6.45, 7) is 23.8. The van der Waals surface area contributed by atoms with Gasteiger partial charge in [0.1, 0.15) is 29.2 Å². The van der Waals surface area contributed by atoms with E-state index < -0.39 is 17.7 Å². The normalized spacial score (nSPS) is 23.8. The topological polar surface area (TPSA) is 152 Å². The van der Waals surface area contributed by atoms with Gasteiger partial charge in [-0.3, -0.25) is 20.3 Å². The number of likely N-dealkylation sites (N-methyl/N-ethyl adjacent to an activating group) is 1. The van der Waals surface area contributed by atoms with Crippen LogP contribution in [0.5, 0.6) is 5.75 Å². The van der Waals surface area contributed by atoms with Crippen LogP contribution in [0.4, 0.5) is 0 Å². The number of aliphatic hydroxyl groups is 1. The lowest BCUT2D eigenvalue weighted by Gasteiger charge is -2.46. The Morgan fingerprint density at radius 1 is 1.27 bits per heavy atom. The molecular weight excluding hydrogens is 620 g/mol. The smallest absolute Gasteiger partial charge is 0.255 e. The predicted molar refractivity (Wildman–Crippen MR) is 199 cm³/mol. The fraction of sp³-hybridized carbons (Fsp3) is 0.553. The summed E-state index contributed by atoms with van der Waals surface area (Å²) in [5.74, 6) is 2.21. The average Bonchev–Trinajstić information content (AvgIpc) is 3.32. The third-order valence-electron chi connectivity index (χ3n) is 8.90. The average molecular weight is 684 g/mol. The highest BCUT2D eigenvalue weighted by molar-refractivity contribution is 5.98. The molecule has 2 amide bonds. The molecule has 11 nitrogen and oxygen atoms in total. The van der Waals surface area contributed by atoms with Crippen LogP contribution < -0.4 is 31.4 Å². The van der Waals surface area contributed by atoms with E-state index in [1.807, 2.05) is 43.9 Å². The molecule has 1 aromatic rings. The molecule has 274 valence electrons. The van der Waals surface area contributed by atoms with Gasteiger partial charge >= 0.3 is 0 Å². The minimum absolute atomic E-state index is 0. The van der Waals surface area contributed by atoms with Crippen molar-refractivity contribution in [3.8, 4) is 5.75 Å². The van der Waals surface area contributed by atoms with Gasteiger partial charge in [-0.2, -0.15) is 0 Å². The van der Waals surface area contributed by atoms with E-state index >= 15 is 0 Å². The lowest BCUT2D eigenvalue weighted by Crippen LogP contribution is -2.92. The number of aliphatic hydroxyl groups excluding tert-OH is 1. The van der Waals surface area contributed by atoms with Crippen LogP contribution in [0.25, 0.3) is 0 Å². The highest BCUT2D eigenvalue weighted by Gasteiger charge is 2.58. The number of allylic oxidation sites excluding steroid dienone is 2. The predicted octanol–water partition coefficient (Wildman–Crippen LogP) is 3.02. The van der Waals surface area contributed by atoms with Crippen LogP contribution >= 0.6 is 0 Å². The Hall–Kier alpha value is -4.25. The van der Waals surface area contributed by atoms with E-state index in [0.717, 1.165) is 17.8 Å². The molecule has 1 aromatic carbocycles. The Kier molecular flexibility index (Phi) is 16.6.